The van der Waals surface area contributed by atoms with Crippen LogP contribution in [0.5, 0.6) is 0 Å². The van der Waals surface area contributed by atoms with Crippen LogP contribution in [0.15, 0.2) is 96.4 Å². The number of carbonyl (C=O) groups is 2. The number of anilines is 1. The van der Waals surface area contributed by atoms with Crippen molar-refractivity contribution >= 4 is 40.7 Å². The van der Waals surface area contributed by atoms with E-state index in [2.05, 4.69) is 10.3 Å². The number of nitrogens with zero attached hydrogens (tertiary/aromatic N) is 2. The highest BCUT2D eigenvalue weighted by molar-refractivity contribution is 7.99. The Morgan fingerprint density at radius 1 is 0.968 bits per heavy atom. The average molecular weight is 448 g/mol. The van der Waals surface area contributed by atoms with E-state index < -0.39 is 0 Å². The van der Waals surface area contributed by atoms with Crippen molar-refractivity contribution < 1.29 is 9.59 Å². The molecule has 4 aromatic rings. The van der Waals surface area contributed by atoms with E-state index in [0.717, 1.165) is 11.4 Å². The van der Waals surface area contributed by atoms with Gasteiger partial charge in [0, 0.05) is 34.9 Å². The van der Waals surface area contributed by atoms with Gasteiger partial charge in [-0.2, -0.15) is 0 Å². The van der Waals surface area contributed by atoms with E-state index >= 15 is 0 Å². The van der Waals surface area contributed by atoms with Crippen molar-refractivity contribution in [2.24, 2.45) is 0 Å². The van der Waals surface area contributed by atoms with Gasteiger partial charge in [-0.1, -0.05) is 59.8 Å². The predicted molar refractivity (Wildman–Crippen MR) is 124 cm³/mol. The molecule has 0 saturated heterocycles. The lowest BCUT2D eigenvalue weighted by molar-refractivity contribution is 0.101. The SMILES string of the molecule is O=C(Nc1ccccc1)c1cccc(-n2ccnc2SCC(=O)c2ccccc2Cl)c1. The minimum atomic E-state index is -0.198. The molecule has 3 aromatic carbocycles. The number of halogens is 1. The molecule has 0 aliphatic carbocycles. The Morgan fingerprint density at radius 3 is 2.55 bits per heavy atom. The maximum absolute atomic E-state index is 12.6. The van der Waals surface area contributed by atoms with Gasteiger partial charge < -0.3 is 5.32 Å². The fourth-order valence-corrected chi connectivity index (χ4v) is 4.11. The van der Waals surface area contributed by atoms with E-state index in [1.54, 1.807) is 48.8 Å². The van der Waals surface area contributed by atoms with Crippen molar-refractivity contribution in [3.8, 4) is 5.69 Å². The number of thioether (sulfide) groups is 1. The second kappa shape index (κ2) is 9.64. The standard InChI is InChI=1S/C24H18ClN3O2S/c25-21-12-5-4-11-20(21)22(29)16-31-24-26-13-14-28(24)19-10-6-7-17(15-19)23(30)27-18-8-2-1-3-9-18/h1-15H,16H2,(H,27,30). The number of carbonyl (C=O) groups excluding carboxylic acids is 2. The molecule has 1 N–H and O–H groups in total. The third-order valence-electron chi connectivity index (χ3n) is 4.53. The first-order valence-electron chi connectivity index (χ1n) is 9.52. The second-order valence-corrected chi connectivity index (χ2v) is 7.99. The Morgan fingerprint density at radius 2 is 1.74 bits per heavy atom. The van der Waals surface area contributed by atoms with Crippen LogP contribution in [0.1, 0.15) is 20.7 Å². The number of Topliss-reactive ketones (excluding diaryl/α,β-unsaturated/α-hetero) is 1. The molecule has 0 radical (unpaired) electrons. The summed E-state index contributed by atoms with van der Waals surface area (Å²) in [5.41, 5.74) is 2.54. The van der Waals surface area contributed by atoms with Crippen LogP contribution in [0, 0.1) is 0 Å². The molecule has 0 aliphatic rings. The highest BCUT2D eigenvalue weighted by atomic mass is 35.5. The maximum atomic E-state index is 12.6. The number of amides is 1. The Balaban J connectivity index is 1.49. The lowest BCUT2D eigenvalue weighted by Crippen LogP contribution is -2.12. The summed E-state index contributed by atoms with van der Waals surface area (Å²) >= 11 is 7.44. The zero-order chi connectivity index (χ0) is 21.6. The molecule has 4 rings (SSSR count). The van der Waals surface area contributed by atoms with Gasteiger partial charge in [0.25, 0.3) is 5.91 Å². The molecule has 5 nitrogen and oxygen atoms in total. The van der Waals surface area contributed by atoms with Gasteiger partial charge >= 0.3 is 0 Å². The van der Waals surface area contributed by atoms with Crippen LogP contribution in [0.2, 0.25) is 5.02 Å². The number of ketones is 1. The van der Waals surface area contributed by atoms with E-state index in [-0.39, 0.29) is 17.4 Å². The fourth-order valence-electron chi connectivity index (χ4n) is 3.01. The Labute approximate surface area is 189 Å². The zero-order valence-corrected chi connectivity index (χ0v) is 17.9. The summed E-state index contributed by atoms with van der Waals surface area (Å²) in [6.07, 6.45) is 3.47. The molecule has 0 fully saturated rings. The van der Waals surface area contributed by atoms with Crippen molar-refractivity contribution in [2.45, 2.75) is 5.16 Å². The van der Waals surface area contributed by atoms with Gasteiger partial charge in [-0.25, -0.2) is 4.98 Å². The molecule has 154 valence electrons. The number of para-hydroxylation sites is 1. The molecule has 0 bridgehead atoms. The Kier molecular flexibility index (Phi) is 6.50. The molecule has 1 aromatic heterocycles. The van der Waals surface area contributed by atoms with Crippen LogP contribution in [0.4, 0.5) is 5.69 Å². The molecule has 0 aliphatic heterocycles. The normalized spacial score (nSPS) is 10.6. The zero-order valence-electron chi connectivity index (χ0n) is 16.4. The number of hydrogen-bond acceptors (Lipinski definition) is 4. The van der Waals surface area contributed by atoms with E-state index in [1.165, 1.54) is 11.8 Å². The fraction of sp³-hybridized carbons (Fsp3) is 0.0417. The van der Waals surface area contributed by atoms with Gasteiger partial charge in [0.15, 0.2) is 10.9 Å². The molecule has 31 heavy (non-hydrogen) atoms. The molecular formula is C24H18ClN3O2S. The van der Waals surface area contributed by atoms with Gasteiger partial charge in [-0.15, -0.1) is 0 Å². The number of aromatic nitrogens is 2. The van der Waals surface area contributed by atoms with E-state index in [4.69, 9.17) is 11.6 Å². The van der Waals surface area contributed by atoms with E-state index in [0.29, 0.717) is 21.3 Å². The first kappa shape index (κ1) is 20.9. The first-order chi connectivity index (χ1) is 15.1. The van der Waals surface area contributed by atoms with Crippen LogP contribution in [0.25, 0.3) is 5.69 Å². The Bertz CT molecular complexity index is 1220. The van der Waals surface area contributed by atoms with Crippen molar-refractivity contribution in [2.75, 3.05) is 11.1 Å². The summed E-state index contributed by atoms with van der Waals surface area (Å²) in [4.78, 5) is 29.5. The van der Waals surface area contributed by atoms with Crippen LogP contribution in [-0.4, -0.2) is 27.0 Å². The minimum absolute atomic E-state index is 0.0684. The lowest BCUT2D eigenvalue weighted by Gasteiger charge is -2.10. The summed E-state index contributed by atoms with van der Waals surface area (Å²) in [7, 11) is 0. The predicted octanol–water partition coefficient (Wildman–Crippen LogP) is 5.75. The summed E-state index contributed by atoms with van der Waals surface area (Å²) in [6, 6.07) is 23.5. The van der Waals surface area contributed by atoms with Gasteiger partial charge in [0.2, 0.25) is 0 Å². The highest BCUT2D eigenvalue weighted by Crippen LogP contribution is 2.24. The van der Waals surface area contributed by atoms with Gasteiger partial charge in [-0.05, 0) is 42.5 Å². The number of hydrogen-bond donors (Lipinski definition) is 1. The third-order valence-corrected chi connectivity index (χ3v) is 5.83. The van der Waals surface area contributed by atoms with Gasteiger partial charge in [0.1, 0.15) is 0 Å². The second-order valence-electron chi connectivity index (χ2n) is 6.64. The smallest absolute Gasteiger partial charge is 0.255 e. The minimum Gasteiger partial charge on any atom is -0.322 e. The summed E-state index contributed by atoms with van der Waals surface area (Å²) in [5, 5.41) is 3.97. The summed E-state index contributed by atoms with van der Waals surface area (Å²) < 4.78 is 1.85. The first-order valence-corrected chi connectivity index (χ1v) is 10.9. The van der Waals surface area contributed by atoms with Crippen LogP contribution in [-0.2, 0) is 0 Å². The van der Waals surface area contributed by atoms with E-state index in [1.807, 2.05) is 47.0 Å². The number of rotatable bonds is 7. The molecular weight excluding hydrogens is 430 g/mol. The topological polar surface area (TPSA) is 64.0 Å². The maximum Gasteiger partial charge on any atom is 0.255 e. The molecule has 7 heteroatoms. The number of benzene rings is 3. The van der Waals surface area contributed by atoms with Crippen LogP contribution in [0.3, 0.4) is 0 Å². The molecule has 0 saturated carbocycles. The largest absolute Gasteiger partial charge is 0.322 e. The lowest BCUT2D eigenvalue weighted by atomic mass is 10.1. The van der Waals surface area contributed by atoms with Crippen molar-refractivity contribution in [3.05, 3.63) is 107 Å². The quantitative estimate of drug-likeness (QED) is 0.289. The van der Waals surface area contributed by atoms with Crippen molar-refractivity contribution in [3.63, 3.8) is 0 Å². The molecule has 0 spiro atoms. The molecule has 1 amide bonds. The van der Waals surface area contributed by atoms with E-state index in [9.17, 15) is 9.59 Å². The molecule has 0 unspecified atom stereocenters. The van der Waals surface area contributed by atoms with Crippen molar-refractivity contribution in [1.29, 1.82) is 0 Å². The number of nitrogens with one attached hydrogen (secondary N) is 1. The van der Waals surface area contributed by atoms with Crippen LogP contribution >= 0.6 is 23.4 Å². The molecule has 0 atom stereocenters. The summed E-state index contributed by atoms with van der Waals surface area (Å²) in [6.45, 7) is 0. The van der Waals surface area contributed by atoms with Gasteiger partial charge in [0.05, 0.1) is 10.8 Å². The van der Waals surface area contributed by atoms with Crippen LogP contribution < -0.4 is 5.32 Å². The van der Waals surface area contributed by atoms with Crippen molar-refractivity contribution in [1.82, 2.24) is 9.55 Å². The number of imidazole rings is 1. The average Bonchev–Trinajstić information content (AvgIpc) is 3.27. The Hall–Kier alpha value is -3.35. The summed E-state index contributed by atoms with van der Waals surface area (Å²) in [5.74, 6) is -0.0630. The monoisotopic (exact) mass is 447 g/mol. The third kappa shape index (κ3) is 5.05. The van der Waals surface area contributed by atoms with Gasteiger partial charge in [-0.3, -0.25) is 14.2 Å². The highest BCUT2D eigenvalue weighted by Gasteiger charge is 2.14. The molecule has 1 heterocycles.